The highest BCUT2D eigenvalue weighted by Gasteiger charge is 2.08. The molecule has 0 atom stereocenters. The second-order valence-corrected chi connectivity index (χ2v) is 7.09. The van der Waals surface area contributed by atoms with Gasteiger partial charge in [0, 0.05) is 22.0 Å². The fourth-order valence-electron chi connectivity index (χ4n) is 2.85. The van der Waals surface area contributed by atoms with Gasteiger partial charge in [0.25, 0.3) is 0 Å². The summed E-state index contributed by atoms with van der Waals surface area (Å²) in [7, 11) is 0. The van der Waals surface area contributed by atoms with Crippen LogP contribution >= 0.6 is 11.3 Å². The number of alkyl halides is 1. The van der Waals surface area contributed by atoms with Crippen molar-refractivity contribution in [3.63, 3.8) is 0 Å². The molecule has 0 radical (unpaired) electrons. The van der Waals surface area contributed by atoms with E-state index in [1.807, 2.05) is 12.1 Å². The van der Waals surface area contributed by atoms with Gasteiger partial charge in [-0.05, 0) is 54.3 Å². The summed E-state index contributed by atoms with van der Waals surface area (Å²) < 4.78 is 25.3. The lowest BCUT2D eigenvalue weighted by Gasteiger charge is -2.01. The van der Waals surface area contributed by atoms with E-state index in [2.05, 4.69) is 35.3 Å². The van der Waals surface area contributed by atoms with Crippen LogP contribution in [0.25, 0.3) is 31.9 Å². The van der Waals surface area contributed by atoms with E-state index in [-0.39, 0.29) is 6.67 Å². The molecule has 1 aromatic carbocycles. The van der Waals surface area contributed by atoms with Crippen molar-refractivity contribution < 1.29 is 8.78 Å². The predicted octanol–water partition coefficient (Wildman–Crippen LogP) is 6.07. The zero-order valence-corrected chi connectivity index (χ0v) is 14.8. The highest BCUT2D eigenvalue weighted by molar-refractivity contribution is 7.21. The third-order valence-corrected chi connectivity index (χ3v) is 5.34. The molecule has 0 unspecified atom stereocenters. The van der Waals surface area contributed by atoms with Gasteiger partial charge >= 0.3 is 0 Å². The van der Waals surface area contributed by atoms with E-state index in [0.29, 0.717) is 6.42 Å². The summed E-state index contributed by atoms with van der Waals surface area (Å²) >= 11 is 1.62. The van der Waals surface area contributed by atoms with Gasteiger partial charge in [0.05, 0.1) is 12.4 Å². The van der Waals surface area contributed by atoms with Gasteiger partial charge in [0.1, 0.15) is 4.83 Å². The molecule has 0 bridgehead atoms. The molecular formula is C21H16F2N2S. The highest BCUT2D eigenvalue weighted by atomic mass is 32.1. The molecule has 4 aromatic rings. The molecular weight excluding hydrogens is 350 g/mol. The molecule has 0 aliphatic carbocycles. The Morgan fingerprint density at radius 2 is 1.73 bits per heavy atom. The van der Waals surface area contributed by atoms with Crippen molar-refractivity contribution in [1.82, 2.24) is 9.97 Å². The van der Waals surface area contributed by atoms with Gasteiger partial charge in [0.15, 0.2) is 0 Å². The lowest BCUT2D eigenvalue weighted by Crippen LogP contribution is -1.86. The normalized spacial score (nSPS) is 11.2. The van der Waals surface area contributed by atoms with Gasteiger partial charge < -0.3 is 0 Å². The fourth-order valence-corrected chi connectivity index (χ4v) is 3.89. The summed E-state index contributed by atoms with van der Waals surface area (Å²) in [5.74, 6) is -0.497. The predicted molar refractivity (Wildman–Crippen MR) is 103 cm³/mol. The first-order valence-corrected chi connectivity index (χ1v) is 9.22. The van der Waals surface area contributed by atoms with E-state index in [0.717, 1.165) is 43.9 Å². The standard InChI is InChI=1S/C21H16F2N2S/c22-11-1-2-14-3-5-15(6-4-14)19-12-16-7-9-18(25-21(16)26-19)17-8-10-20(23)24-13-17/h3-10,12-13H,1-2,11H2. The van der Waals surface area contributed by atoms with Crippen LogP contribution in [0.5, 0.6) is 0 Å². The Kier molecular flexibility index (Phi) is 4.71. The Labute approximate surface area is 154 Å². The number of hydrogen-bond donors (Lipinski definition) is 0. The summed E-state index contributed by atoms with van der Waals surface area (Å²) in [5, 5.41) is 1.07. The van der Waals surface area contributed by atoms with Crippen molar-refractivity contribution in [3.05, 3.63) is 72.3 Å². The third-order valence-electron chi connectivity index (χ3n) is 4.24. The SMILES string of the molecule is FCCCc1ccc(-c2cc3ccc(-c4ccc(F)nc4)nc3s2)cc1. The molecule has 130 valence electrons. The first-order chi connectivity index (χ1) is 12.7. The van der Waals surface area contributed by atoms with Crippen LogP contribution in [-0.4, -0.2) is 16.6 Å². The molecule has 5 heteroatoms. The number of benzene rings is 1. The fraction of sp³-hybridized carbons (Fsp3) is 0.143. The largest absolute Gasteiger partial charge is 0.251 e. The van der Waals surface area contributed by atoms with Crippen LogP contribution in [-0.2, 0) is 6.42 Å². The summed E-state index contributed by atoms with van der Waals surface area (Å²) in [6.45, 7) is -0.282. The maximum absolute atomic E-state index is 13.0. The number of aryl methyl sites for hydroxylation is 1. The molecule has 0 aliphatic rings. The lowest BCUT2D eigenvalue weighted by molar-refractivity contribution is 0.473. The summed E-state index contributed by atoms with van der Waals surface area (Å²) in [5.41, 5.74) is 3.85. The third kappa shape index (κ3) is 3.48. The van der Waals surface area contributed by atoms with E-state index in [9.17, 15) is 8.78 Å². The average molecular weight is 366 g/mol. The average Bonchev–Trinajstić information content (AvgIpc) is 3.10. The van der Waals surface area contributed by atoms with Crippen LogP contribution in [0.3, 0.4) is 0 Å². The molecule has 0 saturated heterocycles. The number of hydrogen-bond acceptors (Lipinski definition) is 3. The molecule has 0 amide bonds. The second-order valence-electron chi connectivity index (χ2n) is 6.06. The van der Waals surface area contributed by atoms with E-state index in [1.165, 1.54) is 12.3 Å². The van der Waals surface area contributed by atoms with Gasteiger partial charge in [-0.1, -0.05) is 24.3 Å². The maximum atomic E-state index is 13.0. The van der Waals surface area contributed by atoms with Crippen LogP contribution in [0.2, 0.25) is 0 Å². The quantitative estimate of drug-likeness (QED) is 0.401. The Hall–Kier alpha value is -2.66. The van der Waals surface area contributed by atoms with Crippen LogP contribution < -0.4 is 0 Å². The minimum absolute atomic E-state index is 0.282. The second kappa shape index (κ2) is 7.30. The summed E-state index contributed by atoms with van der Waals surface area (Å²) in [6.07, 6.45) is 2.82. The smallest absolute Gasteiger partial charge is 0.212 e. The first kappa shape index (κ1) is 16.8. The number of aromatic nitrogens is 2. The van der Waals surface area contributed by atoms with Gasteiger partial charge in [0.2, 0.25) is 5.95 Å². The van der Waals surface area contributed by atoms with Gasteiger partial charge in [-0.15, -0.1) is 11.3 Å². The highest BCUT2D eigenvalue weighted by Crippen LogP contribution is 2.34. The zero-order valence-electron chi connectivity index (χ0n) is 14.0. The Morgan fingerprint density at radius 3 is 2.46 bits per heavy atom. The van der Waals surface area contributed by atoms with Crippen molar-refractivity contribution in [2.24, 2.45) is 0 Å². The molecule has 26 heavy (non-hydrogen) atoms. The monoisotopic (exact) mass is 366 g/mol. The van der Waals surface area contributed by atoms with E-state index < -0.39 is 5.95 Å². The van der Waals surface area contributed by atoms with E-state index >= 15 is 0 Å². The topological polar surface area (TPSA) is 25.8 Å². The molecule has 0 N–H and O–H groups in total. The van der Waals surface area contributed by atoms with E-state index in [1.54, 1.807) is 17.4 Å². The van der Waals surface area contributed by atoms with Gasteiger partial charge in [-0.2, -0.15) is 4.39 Å². The van der Waals surface area contributed by atoms with Crippen molar-refractivity contribution in [2.45, 2.75) is 12.8 Å². The molecule has 3 aromatic heterocycles. The van der Waals surface area contributed by atoms with Crippen LogP contribution in [0.4, 0.5) is 8.78 Å². The molecule has 0 saturated carbocycles. The molecule has 0 fully saturated rings. The van der Waals surface area contributed by atoms with E-state index in [4.69, 9.17) is 4.98 Å². The van der Waals surface area contributed by atoms with Crippen molar-refractivity contribution in [1.29, 1.82) is 0 Å². The number of nitrogens with zero attached hydrogens (tertiary/aromatic N) is 2. The minimum atomic E-state index is -0.497. The molecule has 2 nitrogen and oxygen atoms in total. The maximum Gasteiger partial charge on any atom is 0.212 e. The van der Waals surface area contributed by atoms with Crippen LogP contribution in [0.15, 0.2) is 60.8 Å². The van der Waals surface area contributed by atoms with Gasteiger partial charge in [-0.25, -0.2) is 9.97 Å². The minimum Gasteiger partial charge on any atom is -0.251 e. The molecule has 3 heterocycles. The van der Waals surface area contributed by atoms with Crippen LogP contribution in [0.1, 0.15) is 12.0 Å². The number of fused-ring (bicyclic) bond motifs is 1. The van der Waals surface area contributed by atoms with Crippen molar-refractivity contribution in [2.75, 3.05) is 6.67 Å². The van der Waals surface area contributed by atoms with Crippen LogP contribution in [0, 0.1) is 5.95 Å². The Balaban J connectivity index is 1.64. The summed E-state index contributed by atoms with van der Waals surface area (Å²) in [6, 6.07) is 17.3. The van der Waals surface area contributed by atoms with Gasteiger partial charge in [-0.3, -0.25) is 4.39 Å². The Morgan fingerprint density at radius 1 is 0.923 bits per heavy atom. The molecule has 0 aliphatic heterocycles. The molecule has 0 spiro atoms. The number of halogens is 2. The van der Waals surface area contributed by atoms with Crippen molar-refractivity contribution >= 4 is 21.6 Å². The lowest BCUT2D eigenvalue weighted by atomic mass is 10.1. The number of pyridine rings is 2. The summed E-state index contributed by atoms with van der Waals surface area (Å²) in [4.78, 5) is 10.5. The number of rotatable bonds is 5. The number of thiophene rings is 1. The zero-order chi connectivity index (χ0) is 17.9. The van der Waals surface area contributed by atoms with Crippen molar-refractivity contribution in [3.8, 4) is 21.7 Å². The molecule has 4 rings (SSSR count). The first-order valence-electron chi connectivity index (χ1n) is 8.41. The Bertz CT molecular complexity index is 1020.